The Morgan fingerprint density at radius 3 is 2.93 bits per heavy atom. The molecular weight excluding hydrogens is 398 g/mol. The van der Waals surface area contributed by atoms with Crippen LogP contribution in [0.15, 0.2) is 28.4 Å². The number of likely N-dealkylation sites (tertiary alicyclic amines) is 1. The number of sulfone groups is 1. The first kappa shape index (κ1) is 19.3. The molecule has 28 heavy (non-hydrogen) atoms. The van der Waals surface area contributed by atoms with Crippen molar-refractivity contribution in [1.29, 1.82) is 0 Å². The Morgan fingerprint density at radius 2 is 2.21 bits per heavy atom. The van der Waals surface area contributed by atoms with E-state index in [9.17, 15) is 18.0 Å². The molecule has 0 spiro atoms. The van der Waals surface area contributed by atoms with Gasteiger partial charge in [0.05, 0.1) is 22.1 Å². The van der Waals surface area contributed by atoms with Gasteiger partial charge in [-0.3, -0.25) is 9.59 Å². The van der Waals surface area contributed by atoms with Crippen molar-refractivity contribution in [2.24, 2.45) is 5.92 Å². The van der Waals surface area contributed by atoms with E-state index in [1.807, 2.05) is 17.5 Å². The molecule has 2 aliphatic rings. The van der Waals surface area contributed by atoms with Gasteiger partial charge in [-0.05, 0) is 36.6 Å². The van der Waals surface area contributed by atoms with Gasteiger partial charge in [0.2, 0.25) is 5.91 Å². The third-order valence-corrected chi connectivity index (χ3v) is 8.21. The molecule has 1 N–H and O–H groups in total. The molecule has 4 rings (SSSR count). The summed E-state index contributed by atoms with van der Waals surface area (Å²) in [5, 5.41) is 1.95. The summed E-state index contributed by atoms with van der Waals surface area (Å²) in [6.45, 7) is 1.18. The molecule has 2 aromatic heterocycles. The highest BCUT2D eigenvalue weighted by Crippen LogP contribution is 2.29. The van der Waals surface area contributed by atoms with E-state index in [0.717, 1.165) is 17.7 Å². The zero-order valence-electron chi connectivity index (χ0n) is 15.5. The smallest absolute Gasteiger partial charge is 0.251 e. The summed E-state index contributed by atoms with van der Waals surface area (Å²) >= 11 is 1.53. The third-order valence-electron chi connectivity index (χ3n) is 5.48. The number of thiophene rings is 1. The van der Waals surface area contributed by atoms with Gasteiger partial charge < -0.3 is 9.88 Å². The fourth-order valence-corrected chi connectivity index (χ4v) is 6.60. The van der Waals surface area contributed by atoms with Crippen LogP contribution in [0.25, 0.3) is 10.6 Å². The van der Waals surface area contributed by atoms with E-state index >= 15 is 0 Å². The molecule has 0 bridgehead atoms. The zero-order chi connectivity index (χ0) is 19.7. The number of H-pyrrole nitrogens is 1. The number of nitrogens with one attached hydrogen (secondary N) is 1. The number of piperidine rings is 1. The Balaban J connectivity index is 1.47. The molecule has 4 heterocycles. The molecule has 2 aliphatic heterocycles. The van der Waals surface area contributed by atoms with Crippen molar-refractivity contribution in [3.05, 3.63) is 39.8 Å². The molecule has 0 aromatic carbocycles. The molecular formula is C19H23N3O4S2. The van der Waals surface area contributed by atoms with Crippen LogP contribution >= 0.6 is 11.3 Å². The predicted octanol–water partition coefficient (Wildman–Crippen LogP) is 2.03. The van der Waals surface area contributed by atoms with Crippen molar-refractivity contribution < 1.29 is 13.2 Å². The Kier molecular flexibility index (Phi) is 5.37. The molecule has 0 radical (unpaired) electrons. The topological polar surface area (TPSA) is 100 Å². The zero-order valence-corrected chi connectivity index (χ0v) is 17.1. The number of nitrogens with zero attached hydrogens (tertiary/aromatic N) is 2. The molecule has 2 fully saturated rings. The van der Waals surface area contributed by atoms with Gasteiger partial charge in [-0.2, -0.15) is 0 Å². The van der Waals surface area contributed by atoms with Crippen LogP contribution in [0, 0.1) is 5.92 Å². The van der Waals surface area contributed by atoms with E-state index < -0.39 is 9.84 Å². The average Bonchev–Trinajstić information content (AvgIpc) is 3.31. The lowest BCUT2D eigenvalue weighted by molar-refractivity contribution is -0.133. The second-order valence-corrected chi connectivity index (χ2v) is 10.8. The van der Waals surface area contributed by atoms with E-state index in [2.05, 4.69) is 9.97 Å². The van der Waals surface area contributed by atoms with Crippen molar-refractivity contribution >= 4 is 27.1 Å². The fraction of sp³-hybridized carbons (Fsp3) is 0.526. The van der Waals surface area contributed by atoms with E-state index in [4.69, 9.17) is 0 Å². The summed E-state index contributed by atoms with van der Waals surface area (Å²) < 4.78 is 23.3. The second-order valence-electron chi connectivity index (χ2n) is 7.65. The van der Waals surface area contributed by atoms with E-state index in [0.29, 0.717) is 31.0 Å². The second kappa shape index (κ2) is 7.79. The van der Waals surface area contributed by atoms with Crippen LogP contribution in [0.4, 0.5) is 0 Å². The monoisotopic (exact) mass is 421 g/mol. The first-order chi connectivity index (χ1) is 13.4. The Bertz CT molecular complexity index is 1010. The van der Waals surface area contributed by atoms with Gasteiger partial charge in [0.1, 0.15) is 5.82 Å². The molecule has 9 heteroatoms. The average molecular weight is 422 g/mol. The van der Waals surface area contributed by atoms with Crippen molar-refractivity contribution in [2.75, 3.05) is 24.6 Å². The Labute approximate surface area is 167 Å². The normalized spacial score (nSPS) is 24.4. The number of hydrogen-bond acceptors (Lipinski definition) is 6. The minimum Gasteiger partial charge on any atom is -0.342 e. The molecule has 1 amide bonds. The maximum atomic E-state index is 12.7. The molecule has 2 saturated heterocycles. The SMILES string of the molecule is O=C(C[C@H]1CCS(=O)(=O)C1)N1CCC[C@H](c2nc(-c3cccs3)cc(=O)[nH]2)C1. The van der Waals surface area contributed by atoms with Crippen LogP contribution in [0.5, 0.6) is 0 Å². The van der Waals surface area contributed by atoms with Gasteiger partial charge in [-0.15, -0.1) is 11.3 Å². The van der Waals surface area contributed by atoms with Crippen LogP contribution in [-0.4, -0.2) is 53.8 Å². The van der Waals surface area contributed by atoms with Crippen LogP contribution in [0.3, 0.4) is 0 Å². The maximum Gasteiger partial charge on any atom is 0.251 e. The highest BCUT2D eigenvalue weighted by Gasteiger charge is 2.32. The van der Waals surface area contributed by atoms with E-state index in [1.54, 1.807) is 4.90 Å². The quantitative estimate of drug-likeness (QED) is 0.814. The van der Waals surface area contributed by atoms with Crippen molar-refractivity contribution in [3.63, 3.8) is 0 Å². The minimum atomic E-state index is -2.98. The van der Waals surface area contributed by atoms with Crippen LogP contribution in [-0.2, 0) is 14.6 Å². The Morgan fingerprint density at radius 1 is 1.36 bits per heavy atom. The van der Waals surface area contributed by atoms with Crippen molar-refractivity contribution in [3.8, 4) is 10.6 Å². The van der Waals surface area contributed by atoms with Gasteiger partial charge in [-0.25, -0.2) is 13.4 Å². The first-order valence-corrected chi connectivity index (χ1v) is 12.2. The van der Waals surface area contributed by atoms with Crippen LogP contribution in [0.2, 0.25) is 0 Å². The molecule has 2 atom stereocenters. The minimum absolute atomic E-state index is 0.00329. The third kappa shape index (κ3) is 4.35. The summed E-state index contributed by atoms with van der Waals surface area (Å²) in [6.07, 6.45) is 2.55. The standard InChI is InChI=1S/C19H23N3O4S2/c23-17-10-15(16-4-2-7-27-16)20-19(21-17)14-3-1-6-22(11-14)18(24)9-13-5-8-28(25,26)12-13/h2,4,7,10,13-14H,1,3,5-6,8-9,11-12H2,(H,20,21,23)/t13-,14+/m1/s1. The largest absolute Gasteiger partial charge is 0.342 e. The number of carbonyl (C=O) groups is 1. The number of aromatic amines is 1. The van der Waals surface area contributed by atoms with Gasteiger partial charge >= 0.3 is 0 Å². The highest BCUT2D eigenvalue weighted by molar-refractivity contribution is 7.91. The van der Waals surface area contributed by atoms with Crippen LogP contribution in [0.1, 0.15) is 37.4 Å². The van der Waals surface area contributed by atoms with Crippen LogP contribution < -0.4 is 5.56 Å². The molecule has 7 nitrogen and oxygen atoms in total. The first-order valence-electron chi connectivity index (χ1n) is 9.53. The number of aromatic nitrogens is 2. The summed E-state index contributed by atoms with van der Waals surface area (Å²) in [6, 6.07) is 5.36. The summed E-state index contributed by atoms with van der Waals surface area (Å²) in [5.41, 5.74) is 0.473. The summed E-state index contributed by atoms with van der Waals surface area (Å²) in [5.74, 6) is 0.845. The molecule has 150 valence electrons. The number of hydrogen-bond donors (Lipinski definition) is 1. The van der Waals surface area contributed by atoms with Crippen molar-refractivity contribution in [1.82, 2.24) is 14.9 Å². The Hall–Kier alpha value is -2.00. The fourth-order valence-electron chi connectivity index (χ4n) is 4.06. The van der Waals surface area contributed by atoms with E-state index in [-0.39, 0.29) is 41.2 Å². The molecule has 0 saturated carbocycles. The summed E-state index contributed by atoms with van der Waals surface area (Å²) in [4.78, 5) is 35.1. The van der Waals surface area contributed by atoms with Gasteiger partial charge in [0.15, 0.2) is 9.84 Å². The lowest BCUT2D eigenvalue weighted by Gasteiger charge is -2.33. The molecule has 2 aromatic rings. The lowest BCUT2D eigenvalue weighted by atomic mass is 9.95. The number of amides is 1. The molecule has 0 unspecified atom stereocenters. The summed E-state index contributed by atoms with van der Waals surface area (Å²) in [7, 11) is -2.98. The van der Waals surface area contributed by atoms with Gasteiger partial charge in [-0.1, -0.05) is 6.07 Å². The number of carbonyl (C=O) groups excluding carboxylic acids is 1. The van der Waals surface area contributed by atoms with Gasteiger partial charge in [0, 0.05) is 31.5 Å². The van der Waals surface area contributed by atoms with E-state index in [1.165, 1.54) is 17.4 Å². The number of rotatable bonds is 4. The predicted molar refractivity (Wildman–Crippen MR) is 108 cm³/mol. The lowest BCUT2D eigenvalue weighted by Crippen LogP contribution is -2.40. The maximum absolute atomic E-state index is 12.7. The highest BCUT2D eigenvalue weighted by atomic mass is 32.2. The van der Waals surface area contributed by atoms with Gasteiger partial charge in [0.25, 0.3) is 5.56 Å². The van der Waals surface area contributed by atoms with Crippen molar-refractivity contribution in [2.45, 2.75) is 31.6 Å². The molecule has 0 aliphatic carbocycles.